The summed E-state index contributed by atoms with van der Waals surface area (Å²) < 4.78 is 0. The van der Waals surface area contributed by atoms with Crippen LogP contribution >= 0.6 is 0 Å². The highest BCUT2D eigenvalue weighted by Gasteiger charge is 2.38. The van der Waals surface area contributed by atoms with Crippen molar-refractivity contribution in [3.05, 3.63) is 40.9 Å². The summed E-state index contributed by atoms with van der Waals surface area (Å²) in [7, 11) is 0. The lowest BCUT2D eigenvalue weighted by Gasteiger charge is -2.19. The first kappa shape index (κ1) is 12.5. The van der Waals surface area contributed by atoms with Crippen LogP contribution in [0.3, 0.4) is 0 Å². The maximum absolute atomic E-state index is 12.6. The van der Waals surface area contributed by atoms with E-state index in [2.05, 4.69) is 15.4 Å². The molecule has 20 heavy (non-hydrogen) atoms. The maximum Gasteiger partial charge on any atom is 0.274 e. The highest BCUT2D eigenvalue weighted by Crippen LogP contribution is 2.31. The number of hydrazone groups is 1. The van der Waals surface area contributed by atoms with E-state index in [4.69, 9.17) is 0 Å². The standard InChI is InChI=1S/C14H14N4O2/c1-8-4-3-5-11(17-8)13(19)10-6-18-12(9(10)2)14(20)15-7-16-18/h3-5,7,10H,6H2,1-2H3,(H,15,16,20). The first-order valence-electron chi connectivity index (χ1n) is 6.37. The van der Waals surface area contributed by atoms with Crippen molar-refractivity contribution in [1.82, 2.24) is 15.3 Å². The summed E-state index contributed by atoms with van der Waals surface area (Å²) >= 11 is 0. The topological polar surface area (TPSA) is 74.7 Å². The Balaban J connectivity index is 1.95. The maximum atomic E-state index is 12.6. The Hall–Kier alpha value is -2.50. The molecule has 2 aliphatic heterocycles. The molecule has 1 aromatic heterocycles. The van der Waals surface area contributed by atoms with Gasteiger partial charge in [-0.05, 0) is 31.6 Å². The predicted molar refractivity (Wildman–Crippen MR) is 72.8 cm³/mol. The molecule has 1 aromatic rings. The number of amides is 1. The summed E-state index contributed by atoms with van der Waals surface area (Å²) in [5.74, 6) is -0.665. The van der Waals surface area contributed by atoms with E-state index in [0.29, 0.717) is 17.9 Å². The van der Waals surface area contributed by atoms with Crippen molar-refractivity contribution in [3.63, 3.8) is 0 Å². The zero-order valence-corrected chi connectivity index (χ0v) is 11.3. The second kappa shape index (κ2) is 4.56. The summed E-state index contributed by atoms with van der Waals surface area (Å²) in [6, 6.07) is 5.36. The SMILES string of the molecule is CC1=C2C(=O)NC=NN2CC1C(=O)c1cccc(C)n1. The first-order valence-corrected chi connectivity index (χ1v) is 6.37. The van der Waals surface area contributed by atoms with Gasteiger partial charge in [0.2, 0.25) is 0 Å². The smallest absolute Gasteiger partial charge is 0.274 e. The van der Waals surface area contributed by atoms with Gasteiger partial charge >= 0.3 is 0 Å². The number of ketones is 1. The Morgan fingerprint density at radius 3 is 2.90 bits per heavy atom. The van der Waals surface area contributed by atoms with Gasteiger partial charge in [-0.2, -0.15) is 5.10 Å². The van der Waals surface area contributed by atoms with Gasteiger partial charge in [-0.1, -0.05) is 6.07 Å². The molecule has 0 bridgehead atoms. The zero-order valence-electron chi connectivity index (χ0n) is 11.3. The lowest BCUT2D eigenvalue weighted by atomic mass is 9.95. The van der Waals surface area contributed by atoms with Crippen LogP contribution in [-0.4, -0.2) is 34.6 Å². The van der Waals surface area contributed by atoms with Gasteiger partial charge < -0.3 is 5.32 Å². The Kier molecular flexibility index (Phi) is 2.85. The first-order chi connectivity index (χ1) is 9.58. The minimum Gasteiger partial charge on any atom is -0.310 e. The Morgan fingerprint density at radius 1 is 1.40 bits per heavy atom. The number of rotatable bonds is 2. The third-order valence-electron chi connectivity index (χ3n) is 3.57. The van der Waals surface area contributed by atoms with E-state index in [1.54, 1.807) is 18.0 Å². The molecule has 0 spiro atoms. The van der Waals surface area contributed by atoms with E-state index in [9.17, 15) is 9.59 Å². The van der Waals surface area contributed by atoms with E-state index in [0.717, 1.165) is 11.3 Å². The molecular weight excluding hydrogens is 256 g/mol. The molecule has 0 saturated carbocycles. The van der Waals surface area contributed by atoms with Crippen LogP contribution < -0.4 is 5.32 Å². The molecular formula is C14H14N4O2. The monoisotopic (exact) mass is 270 g/mol. The van der Waals surface area contributed by atoms with E-state index in [-0.39, 0.29) is 17.6 Å². The fraction of sp³-hybridized carbons (Fsp3) is 0.286. The Labute approximate surface area is 116 Å². The molecule has 1 unspecified atom stereocenters. The van der Waals surface area contributed by atoms with Gasteiger partial charge in [0.1, 0.15) is 17.7 Å². The molecule has 6 nitrogen and oxygen atoms in total. The number of fused-ring (bicyclic) bond motifs is 1. The van der Waals surface area contributed by atoms with Crippen LogP contribution in [0.4, 0.5) is 0 Å². The predicted octanol–water partition coefficient (Wildman–Crippen LogP) is 0.852. The second-order valence-electron chi connectivity index (χ2n) is 4.91. The summed E-state index contributed by atoms with van der Waals surface area (Å²) in [4.78, 5) is 28.6. The number of aromatic nitrogens is 1. The van der Waals surface area contributed by atoms with Crippen LogP contribution in [0.1, 0.15) is 23.1 Å². The molecule has 1 amide bonds. The number of nitrogens with zero attached hydrogens (tertiary/aromatic N) is 3. The number of nitrogens with one attached hydrogen (secondary N) is 1. The number of carbonyl (C=O) groups is 2. The molecule has 0 radical (unpaired) electrons. The Morgan fingerprint density at radius 2 is 2.20 bits per heavy atom. The molecule has 2 aliphatic rings. The van der Waals surface area contributed by atoms with Gasteiger partial charge in [-0.25, -0.2) is 0 Å². The third-order valence-corrected chi connectivity index (χ3v) is 3.57. The van der Waals surface area contributed by atoms with Gasteiger partial charge in [0.05, 0.1) is 12.5 Å². The third kappa shape index (κ3) is 1.89. The summed E-state index contributed by atoms with van der Waals surface area (Å²) in [6.07, 6.45) is 1.34. The molecule has 6 heteroatoms. The van der Waals surface area contributed by atoms with Gasteiger partial charge in [-0.15, -0.1) is 0 Å². The molecule has 0 aromatic carbocycles. The zero-order chi connectivity index (χ0) is 14.3. The Bertz CT molecular complexity index is 663. The fourth-order valence-electron chi connectivity index (χ4n) is 2.53. The van der Waals surface area contributed by atoms with E-state index in [1.807, 2.05) is 19.1 Å². The lowest BCUT2D eigenvalue weighted by molar-refractivity contribution is -0.117. The van der Waals surface area contributed by atoms with Crippen molar-refractivity contribution in [3.8, 4) is 0 Å². The number of pyridine rings is 1. The van der Waals surface area contributed by atoms with Crippen molar-refractivity contribution < 1.29 is 9.59 Å². The lowest BCUT2D eigenvalue weighted by Crippen LogP contribution is -2.35. The molecule has 0 fully saturated rings. The molecule has 0 saturated heterocycles. The normalized spacial score (nSPS) is 21.0. The average molecular weight is 270 g/mol. The van der Waals surface area contributed by atoms with Crippen LogP contribution in [0.25, 0.3) is 0 Å². The number of hydrogen-bond donors (Lipinski definition) is 1. The molecule has 3 rings (SSSR count). The van der Waals surface area contributed by atoms with Crippen molar-refractivity contribution >= 4 is 18.0 Å². The van der Waals surface area contributed by atoms with Crippen molar-refractivity contribution in [2.75, 3.05) is 6.54 Å². The van der Waals surface area contributed by atoms with Crippen molar-refractivity contribution in [2.45, 2.75) is 13.8 Å². The molecule has 3 heterocycles. The fourth-order valence-corrected chi connectivity index (χ4v) is 2.53. The number of hydrogen-bond acceptors (Lipinski definition) is 5. The molecule has 1 atom stereocenters. The number of carbonyl (C=O) groups excluding carboxylic acids is 2. The summed E-state index contributed by atoms with van der Waals surface area (Å²) in [6.45, 7) is 4.03. The molecule has 0 aliphatic carbocycles. The van der Waals surface area contributed by atoms with Gasteiger partial charge in [-0.3, -0.25) is 19.6 Å². The van der Waals surface area contributed by atoms with Gasteiger partial charge in [0.25, 0.3) is 5.91 Å². The average Bonchev–Trinajstić information content (AvgIpc) is 2.76. The van der Waals surface area contributed by atoms with Gasteiger partial charge in [0.15, 0.2) is 5.78 Å². The van der Waals surface area contributed by atoms with E-state index < -0.39 is 0 Å². The van der Waals surface area contributed by atoms with Crippen LogP contribution in [0.2, 0.25) is 0 Å². The quantitative estimate of drug-likeness (QED) is 0.808. The summed E-state index contributed by atoms with van der Waals surface area (Å²) in [5, 5.41) is 8.19. The van der Waals surface area contributed by atoms with Crippen LogP contribution in [-0.2, 0) is 4.79 Å². The van der Waals surface area contributed by atoms with E-state index >= 15 is 0 Å². The van der Waals surface area contributed by atoms with Crippen molar-refractivity contribution in [2.24, 2.45) is 11.0 Å². The van der Waals surface area contributed by atoms with Crippen LogP contribution in [0.5, 0.6) is 0 Å². The number of aryl methyl sites for hydroxylation is 1. The highest BCUT2D eigenvalue weighted by atomic mass is 16.2. The van der Waals surface area contributed by atoms with E-state index in [1.165, 1.54) is 6.34 Å². The summed E-state index contributed by atoms with van der Waals surface area (Å²) in [5.41, 5.74) is 2.44. The van der Waals surface area contributed by atoms with Crippen molar-refractivity contribution in [1.29, 1.82) is 0 Å². The minimum absolute atomic E-state index is 0.0731. The largest absolute Gasteiger partial charge is 0.310 e. The molecule has 102 valence electrons. The minimum atomic E-state index is -0.375. The second-order valence-corrected chi connectivity index (χ2v) is 4.91. The molecule has 1 N–H and O–H groups in total. The van der Waals surface area contributed by atoms with Crippen LogP contribution in [0, 0.1) is 12.8 Å². The van der Waals surface area contributed by atoms with Gasteiger partial charge in [0, 0.05) is 5.69 Å². The van der Waals surface area contributed by atoms with Crippen LogP contribution in [0.15, 0.2) is 34.6 Å². The highest BCUT2D eigenvalue weighted by molar-refractivity contribution is 6.05. The number of Topliss-reactive ketones (excluding diaryl/α,β-unsaturated/α-hetero) is 1.